The SMILES string of the molecule is CC(=O)Nc1cccc(NC(=O)C(C)Oc2ccc(Cl)cc2)c1. The van der Waals surface area contributed by atoms with Crippen LogP contribution in [0.1, 0.15) is 13.8 Å². The molecule has 0 saturated carbocycles. The lowest BCUT2D eigenvalue weighted by Gasteiger charge is -2.15. The van der Waals surface area contributed by atoms with Gasteiger partial charge >= 0.3 is 0 Å². The summed E-state index contributed by atoms with van der Waals surface area (Å²) in [6, 6.07) is 13.7. The number of halogens is 1. The molecule has 0 bridgehead atoms. The molecule has 0 fully saturated rings. The number of nitrogens with one attached hydrogen (secondary N) is 2. The zero-order valence-corrected chi connectivity index (χ0v) is 13.6. The van der Waals surface area contributed by atoms with Gasteiger partial charge in [-0.2, -0.15) is 0 Å². The van der Waals surface area contributed by atoms with Gasteiger partial charge in [0.2, 0.25) is 5.91 Å². The van der Waals surface area contributed by atoms with E-state index in [1.54, 1.807) is 55.5 Å². The first-order valence-electron chi connectivity index (χ1n) is 7.05. The lowest BCUT2D eigenvalue weighted by atomic mass is 10.2. The summed E-state index contributed by atoms with van der Waals surface area (Å²) in [4.78, 5) is 23.2. The maximum Gasteiger partial charge on any atom is 0.265 e. The number of benzene rings is 2. The molecule has 120 valence electrons. The Kier molecular flexibility index (Phi) is 5.60. The highest BCUT2D eigenvalue weighted by atomic mass is 35.5. The number of anilines is 2. The largest absolute Gasteiger partial charge is 0.481 e. The first-order valence-corrected chi connectivity index (χ1v) is 7.42. The van der Waals surface area contributed by atoms with Gasteiger partial charge in [0.15, 0.2) is 6.10 Å². The van der Waals surface area contributed by atoms with Crippen LogP contribution in [0.2, 0.25) is 5.02 Å². The molecule has 0 aliphatic rings. The van der Waals surface area contributed by atoms with E-state index in [2.05, 4.69) is 10.6 Å². The maximum absolute atomic E-state index is 12.2. The molecule has 2 rings (SSSR count). The second-order valence-electron chi connectivity index (χ2n) is 4.97. The molecule has 0 saturated heterocycles. The van der Waals surface area contributed by atoms with Gasteiger partial charge in [-0.05, 0) is 49.4 Å². The molecule has 0 aliphatic carbocycles. The molecule has 1 unspecified atom stereocenters. The molecule has 2 aromatic rings. The monoisotopic (exact) mass is 332 g/mol. The normalized spacial score (nSPS) is 11.4. The Morgan fingerprint density at radius 3 is 2.26 bits per heavy atom. The molecule has 0 spiro atoms. The van der Waals surface area contributed by atoms with Gasteiger partial charge in [-0.15, -0.1) is 0 Å². The molecular formula is C17H17ClN2O3. The van der Waals surface area contributed by atoms with Crippen molar-refractivity contribution in [1.29, 1.82) is 0 Å². The number of amides is 2. The van der Waals surface area contributed by atoms with E-state index in [0.717, 1.165) is 0 Å². The van der Waals surface area contributed by atoms with Gasteiger partial charge < -0.3 is 15.4 Å². The third-order valence-electron chi connectivity index (χ3n) is 2.95. The molecule has 2 aromatic carbocycles. The van der Waals surface area contributed by atoms with Crippen molar-refractivity contribution in [2.75, 3.05) is 10.6 Å². The standard InChI is InChI=1S/C17H17ClN2O3/c1-11(23-16-8-6-13(18)7-9-16)17(22)20-15-5-3-4-14(10-15)19-12(2)21/h3-11H,1-2H3,(H,19,21)(H,20,22). The van der Waals surface area contributed by atoms with Crippen molar-refractivity contribution >= 4 is 34.8 Å². The van der Waals surface area contributed by atoms with Crippen molar-refractivity contribution in [3.8, 4) is 5.75 Å². The summed E-state index contributed by atoms with van der Waals surface area (Å²) in [7, 11) is 0. The van der Waals surface area contributed by atoms with Gasteiger partial charge in [0.25, 0.3) is 5.91 Å². The van der Waals surface area contributed by atoms with E-state index in [1.807, 2.05) is 0 Å². The highest BCUT2D eigenvalue weighted by molar-refractivity contribution is 6.30. The topological polar surface area (TPSA) is 67.4 Å². The quantitative estimate of drug-likeness (QED) is 0.877. The molecule has 0 aromatic heterocycles. The number of hydrogen-bond acceptors (Lipinski definition) is 3. The summed E-state index contributed by atoms with van der Waals surface area (Å²) in [6.45, 7) is 3.08. The summed E-state index contributed by atoms with van der Waals surface area (Å²) in [5.41, 5.74) is 1.19. The van der Waals surface area contributed by atoms with Crippen LogP contribution >= 0.6 is 11.6 Å². The molecule has 0 radical (unpaired) electrons. The van der Waals surface area contributed by atoms with Gasteiger partial charge in [-0.1, -0.05) is 17.7 Å². The predicted molar refractivity (Wildman–Crippen MR) is 90.9 cm³/mol. The smallest absolute Gasteiger partial charge is 0.265 e. The van der Waals surface area contributed by atoms with E-state index in [4.69, 9.17) is 16.3 Å². The average molecular weight is 333 g/mol. The highest BCUT2D eigenvalue weighted by Gasteiger charge is 2.15. The number of carbonyl (C=O) groups excluding carboxylic acids is 2. The molecule has 23 heavy (non-hydrogen) atoms. The van der Waals surface area contributed by atoms with Crippen LogP contribution in [0.3, 0.4) is 0 Å². The Morgan fingerprint density at radius 2 is 1.65 bits per heavy atom. The Morgan fingerprint density at radius 1 is 1.04 bits per heavy atom. The second-order valence-corrected chi connectivity index (χ2v) is 5.40. The van der Waals surface area contributed by atoms with E-state index in [0.29, 0.717) is 22.1 Å². The summed E-state index contributed by atoms with van der Waals surface area (Å²) in [6.07, 6.45) is -0.680. The Balaban J connectivity index is 1.97. The van der Waals surface area contributed by atoms with Gasteiger partial charge in [0.05, 0.1) is 0 Å². The predicted octanol–water partition coefficient (Wildman–Crippen LogP) is 3.70. The number of hydrogen-bond donors (Lipinski definition) is 2. The van der Waals surface area contributed by atoms with E-state index in [9.17, 15) is 9.59 Å². The Hall–Kier alpha value is -2.53. The van der Waals surface area contributed by atoms with Crippen LogP contribution in [0.15, 0.2) is 48.5 Å². The second kappa shape index (κ2) is 7.65. The summed E-state index contributed by atoms with van der Waals surface area (Å²) < 4.78 is 5.56. The highest BCUT2D eigenvalue weighted by Crippen LogP contribution is 2.18. The average Bonchev–Trinajstić information content (AvgIpc) is 2.49. The van der Waals surface area contributed by atoms with Crippen molar-refractivity contribution in [2.45, 2.75) is 20.0 Å². The molecule has 0 heterocycles. The zero-order chi connectivity index (χ0) is 16.8. The van der Waals surface area contributed by atoms with Gasteiger partial charge in [0, 0.05) is 23.3 Å². The zero-order valence-electron chi connectivity index (χ0n) is 12.8. The lowest BCUT2D eigenvalue weighted by molar-refractivity contribution is -0.122. The molecule has 1 atom stereocenters. The number of ether oxygens (including phenoxy) is 1. The van der Waals surface area contributed by atoms with E-state index >= 15 is 0 Å². The minimum atomic E-state index is -0.680. The number of rotatable bonds is 5. The first-order chi connectivity index (χ1) is 10.9. The minimum Gasteiger partial charge on any atom is -0.481 e. The Labute approximate surface area is 139 Å². The van der Waals surface area contributed by atoms with Gasteiger partial charge in [0.1, 0.15) is 5.75 Å². The molecule has 2 N–H and O–H groups in total. The molecular weight excluding hydrogens is 316 g/mol. The van der Waals surface area contributed by atoms with E-state index in [1.165, 1.54) is 6.92 Å². The number of carbonyl (C=O) groups is 2. The molecule has 2 amide bonds. The van der Waals surface area contributed by atoms with Crippen LogP contribution in [-0.4, -0.2) is 17.9 Å². The van der Waals surface area contributed by atoms with Crippen molar-refractivity contribution in [3.63, 3.8) is 0 Å². The van der Waals surface area contributed by atoms with Crippen LogP contribution in [-0.2, 0) is 9.59 Å². The first kappa shape index (κ1) is 16.8. The fourth-order valence-electron chi connectivity index (χ4n) is 1.89. The van der Waals surface area contributed by atoms with Crippen LogP contribution in [0, 0.1) is 0 Å². The third-order valence-corrected chi connectivity index (χ3v) is 3.20. The maximum atomic E-state index is 12.2. The lowest BCUT2D eigenvalue weighted by Crippen LogP contribution is -2.30. The van der Waals surface area contributed by atoms with Gasteiger partial charge in [-0.25, -0.2) is 0 Å². The molecule has 0 aliphatic heterocycles. The summed E-state index contributed by atoms with van der Waals surface area (Å²) >= 11 is 5.80. The van der Waals surface area contributed by atoms with Crippen molar-refractivity contribution in [2.24, 2.45) is 0 Å². The van der Waals surface area contributed by atoms with E-state index in [-0.39, 0.29) is 11.8 Å². The van der Waals surface area contributed by atoms with Crippen LogP contribution in [0.5, 0.6) is 5.75 Å². The van der Waals surface area contributed by atoms with Crippen LogP contribution in [0.25, 0.3) is 0 Å². The van der Waals surface area contributed by atoms with Crippen molar-refractivity contribution < 1.29 is 14.3 Å². The molecule has 5 nitrogen and oxygen atoms in total. The fraction of sp³-hybridized carbons (Fsp3) is 0.176. The minimum absolute atomic E-state index is 0.173. The molecule has 6 heteroatoms. The Bertz CT molecular complexity index is 701. The van der Waals surface area contributed by atoms with Crippen LogP contribution in [0.4, 0.5) is 11.4 Å². The third kappa shape index (κ3) is 5.30. The summed E-state index contributed by atoms with van der Waals surface area (Å²) in [5, 5.41) is 6.01. The van der Waals surface area contributed by atoms with Crippen molar-refractivity contribution in [3.05, 3.63) is 53.6 Å². The van der Waals surface area contributed by atoms with Crippen LogP contribution < -0.4 is 15.4 Å². The fourth-order valence-corrected chi connectivity index (χ4v) is 2.02. The van der Waals surface area contributed by atoms with Crippen molar-refractivity contribution in [1.82, 2.24) is 0 Å². The van der Waals surface area contributed by atoms with E-state index < -0.39 is 6.10 Å². The van der Waals surface area contributed by atoms with Gasteiger partial charge in [-0.3, -0.25) is 9.59 Å². The summed E-state index contributed by atoms with van der Waals surface area (Å²) in [5.74, 6) is 0.0943.